The highest BCUT2D eigenvalue weighted by atomic mass is 16.5. The van der Waals surface area contributed by atoms with E-state index in [-0.39, 0.29) is 18.5 Å². The van der Waals surface area contributed by atoms with E-state index in [1.807, 2.05) is 12.1 Å². The molecule has 10 heteroatoms. The van der Waals surface area contributed by atoms with Crippen LogP contribution in [0, 0.1) is 0 Å². The van der Waals surface area contributed by atoms with Crippen molar-refractivity contribution in [1.82, 2.24) is 24.9 Å². The molecule has 1 aromatic carbocycles. The molecule has 3 heterocycles. The van der Waals surface area contributed by atoms with Crippen molar-refractivity contribution in [2.45, 2.75) is 13.2 Å². The molecule has 0 unspecified atom stereocenters. The first-order valence-electron chi connectivity index (χ1n) is 8.77. The van der Waals surface area contributed by atoms with E-state index in [2.05, 4.69) is 30.2 Å². The van der Waals surface area contributed by atoms with E-state index in [0.29, 0.717) is 34.8 Å². The number of aromatic amines is 1. The minimum absolute atomic E-state index is 0.0895. The summed E-state index contributed by atoms with van der Waals surface area (Å²) in [7, 11) is 0. The van der Waals surface area contributed by atoms with Gasteiger partial charge in [0.2, 0.25) is 11.8 Å². The summed E-state index contributed by atoms with van der Waals surface area (Å²) in [6.07, 6.45) is 3.01. The maximum atomic E-state index is 12.3. The number of benzene rings is 1. The zero-order chi connectivity index (χ0) is 20.2. The summed E-state index contributed by atoms with van der Waals surface area (Å²) in [5.41, 5.74) is 14.9. The molecule has 4 rings (SSSR count). The molecule has 0 fully saturated rings. The molecule has 10 nitrogen and oxygen atoms in total. The molecule has 0 bridgehead atoms. The van der Waals surface area contributed by atoms with Gasteiger partial charge in [0, 0.05) is 18.4 Å². The topological polar surface area (TPSA) is 158 Å². The van der Waals surface area contributed by atoms with Gasteiger partial charge in [0.25, 0.3) is 5.91 Å². The lowest BCUT2D eigenvalue weighted by atomic mass is 10.2. The average molecular weight is 390 g/mol. The third-order valence-electron chi connectivity index (χ3n) is 4.15. The quantitative estimate of drug-likeness (QED) is 0.387. The van der Waals surface area contributed by atoms with Gasteiger partial charge >= 0.3 is 0 Å². The Hall–Kier alpha value is -4.05. The van der Waals surface area contributed by atoms with E-state index in [4.69, 9.17) is 16.2 Å². The number of fused-ring (bicyclic) bond motifs is 1. The first-order chi connectivity index (χ1) is 14.1. The molecule has 0 aliphatic heterocycles. The van der Waals surface area contributed by atoms with Crippen LogP contribution in [0.3, 0.4) is 0 Å². The number of amides is 1. The molecule has 3 aromatic heterocycles. The summed E-state index contributed by atoms with van der Waals surface area (Å²) in [5, 5.41) is 2.82. The van der Waals surface area contributed by atoms with E-state index in [1.165, 1.54) is 12.5 Å². The largest absolute Gasteiger partial charge is 0.471 e. The number of aromatic nitrogens is 5. The van der Waals surface area contributed by atoms with E-state index in [1.54, 1.807) is 24.3 Å². The fourth-order valence-electron chi connectivity index (χ4n) is 2.65. The molecule has 0 spiro atoms. The first-order valence-corrected chi connectivity index (χ1v) is 8.77. The van der Waals surface area contributed by atoms with Gasteiger partial charge in [-0.25, -0.2) is 4.98 Å². The van der Waals surface area contributed by atoms with Crippen LogP contribution >= 0.6 is 0 Å². The number of imidazole rings is 1. The molecule has 0 aliphatic rings. The lowest BCUT2D eigenvalue weighted by Gasteiger charge is -2.09. The standard InChI is InChI=1S/C19H18N8O2/c20-7-14-6-3-12(8-22-14)17(28)25-13-4-1-11(2-5-13)9-29-18-15-16(24-10-23-15)26-19(21)27-18/h1-6,8,10H,7,9,20H2,(H,25,28)(H3,21,23,24,26,27). The Kier molecular flexibility index (Phi) is 4.99. The lowest BCUT2D eigenvalue weighted by Crippen LogP contribution is -2.13. The highest BCUT2D eigenvalue weighted by Gasteiger charge is 2.10. The van der Waals surface area contributed by atoms with Gasteiger partial charge in [-0.2, -0.15) is 9.97 Å². The fraction of sp³-hybridized carbons (Fsp3) is 0.105. The second kappa shape index (κ2) is 7.90. The number of anilines is 2. The van der Waals surface area contributed by atoms with Crippen molar-refractivity contribution in [2.24, 2.45) is 5.73 Å². The Labute approximate surface area is 165 Å². The number of pyridine rings is 1. The molecule has 29 heavy (non-hydrogen) atoms. The Morgan fingerprint density at radius 3 is 2.66 bits per heavy atom. The van der Waals surface area contributed by atoms with Crippen LogP contribution in [0.4, 0.5) is 11.6 Å². The summed E-state index contributed by atoms with van der Waals surface area (Å²) < 4.78 is 5.75. The minimum atomic E-state index is -0.247. The monoisotopic (exact) mass is 390 g/mol. The summed E-state index contributed by atoms with van der Waals surface area (Å²) in [5.74, 6) is 0.172. The zero-order valence-electron chi connectivity index (χ0n) is 15.3. The van der Waals surface area contributed by atoms with Gasteiger partial charge in [-0.3, -0.25) is 9.78 Å². The molecular weight excluding hydrogens is 372 g/mol. The summed E-state index contributed by atoms with van der Waals surface area (Å²) in [6.45, 7) is 0.599. The maximum Gasteiger partial charge on any atom is 0.257 e. The van der Waals surface area contributed by atoms with Crippen LogP contribution in [-0.2, 0) is 13.2 Å². The van der Waals surface area contributed by atoms with Crippen molar-refractivity contribution < 1.29 is 9.53 Å². The number of nitrogen functional groups attached to an aromatic ring is 1. The van der Waals surface area contributed by atoms with Crippen LogP contribution < -0.4 is 21.5 Å². The molecular formula is C19H18N8O2. The third kappa shape index (κ3) is 4.12. The summed E-state index contributed by atoms with van der Waals surface area (Å²) in [6, 6.07) is 10.7. The molecule has 4 aromatic rings. The van der Waals surface area contributed by atoms with Gasteiger partial charge in [0.15, 0.2) is 5.65 Å². The number of nitrogens with two attached hydrogens (primary N) is 2. The molecule has 1 amide bonds. The van der Waals surface area contributed by atoms with E-state index in [9.17, 15) is 4.79 Å². The van der Waals surface area contributed by atoms with E-state index in [0.717, 1.165) is 11.3 Å². The predicted molar refractivity (Wildman–Crippen MR) is 107 cm³/mol. The van der Waals surface area contributed by atoms with Gasteiger partial charge in [-0.1, -0.05) is 12.1 Å². The van der Waals surface area contributed by atoms with Crippen LogP contribution in [-0.4, -0.2) is 30.8 Å². The number of H-pyrrole nitrogens is 1. The van der Waals surface area contributed by atoms with Gasteiger partial charge in [0.1, 0.15) is 12.1 Å². The van der Waals surface area contributed by atoms with Crippen molar-refractivity contribution in [1.29, 1.82) is 0 Å². The van der Waals surface area contributed by atoms with E-state index < -0.39 is 0 Å². The number of rotatable bonds is 6. The normalized spacial score (nSPS) is 10.8. The Balaban J connectivity index is 1.39. The van der Waals surface area contributed by atoms with Crippen molar-refractivity contribution >= 4 is 28.7 Å². The summed E-state index contributed by atoms with van der Waals surface area (Å²) in [4.78, 5) is 31.5. The van der Waals surface area contributed by atoms with Gasteiger partial charge < -0.3 is 26.5 Å². The highest BCUT2D eigenvalue weighted by Crippen LogP contribution is 2.21. The Morgan fingerprint density at radius 1 is 1.10 bits per heavy atom. The Bertz CT molecular complexity index is 1140. The lowest BCUT2D eigenvalue weighted by molar-refractivity contribution is 0.102. The molecule has 0 saturated carbocycles. The highest BCUT2D eigenvalue weighted by molar-refractivity contribution is 6.04. The Morgan fingerprint density at radius 2 is 1.93 bits per heavy atom. The van der Waals surface area contributed by atoms with Crippen molar-refractivity contribution in [3.05, 3.63) is 65.7 Å². The molecule has 146 valence electrons. The predicted octanol–water partition coefficient (Wildman–Crippen LogP) is 1.62. The SMILES string of the molecule is NCc1ccc(C(=O)Nc2ccc(COc3nc(N)nc4nc[nH]c34)cc2)cn1. The maximum absolute atomic E-state index is 12.3. The van der Waals surface area contributed by atoms with Crippen LogP contribution in [0.25, 0.3) is 11.2 Å². The van der Waals surface area contributed by atoms with E-state index >= 15 is 0 Å². The molecule has 0 aliphatic carbocycles. The van der Waals surface area contributed by atoms with Gasteiger partial charge in [-0.05, 0) is 29.8 Å². The zero-order valence-corrected chi connectivity index (χ0v) is 15.3. The van der Waals surface area contributed by atoms with Crippen LogP contribution in [0.15, 0.2) is 48.9 Å². The number of carbonyl (C=O) groups excluding carboxylic acids is 1. The third-order valence-corrected chi connectivity index (χ3v) is 4.15. The van der Waals surface area contributed by atoms with Crippen molar-refractivity contribution in [2.75, 3.05) is 11.1 Å². The van der Waals surface area contributed by atoms with Crippen LogP contribution in [0.5, 0.6) is 5.88 Å². The fourth-order valence-corrected chi connectivity index (χ4v) is 2.65. The smallest absolute Gasteiger partial charge is 0.257 e. The molecule has 0 radical (unpaired) electrons. The number of nitrogens with one attached hydrogen (secondary N) is 2. The number of nitrogens with zero attached hydrogens (tertiary/aromatic N) is 4. The number of ether oxygens (including phenoxy) is 1. The molecule has 6 N–H and O–H groups in total. The van der Waals surface area contributed by atoms with Gasteiger partial charge in [0.05, 0.1) is 17.6 Å². The van der Waals surface area contributed by atoms with Gasteiger partial charge in [-0.15, -0.1) is 0 Å². The second-order valence-electron chi connectivity index (χ2n) is 6.17. The molecule has 0 saturated heterocycles. The van der Waals surface area contributed by atoms with Crippen molar-refractivity contribution in [3.63, 3.8) is 0 Å². The molecule has 0 atom stereocenters. The average Bonchev–Trinajstić information content (AvgIpc) is 3.21. The van der Waals surface area contributed by atoms with Crippen molar-refractivity contribution in [3.8, 4) is 5.88 Å². The number of carbonyl (C=O) groups is 1. The minimum Gasteiger partial charge on any atom is -0.471 e. The second-order valence-corrected chi connectivity index (χ2v) is 6.17. The van der Waals surface area contributed by atoms with Crippen LogP contribution in [0.1, 0.15) is 21.6 Å². The number of hydrogen-bond acceptors (Lipinski definition) is 8. The van der Waals surface area contributed by atoms with Crippen LogP contribution in [0.2, 0.25) is 0 Å². The summed E-state index contributed by atoms with van der Waals surface area (Å²) >= 11 is 0. The number of hydrogen-bond donors (Lipinski definition) is 4. The first kappa shape index (κ1) is 18.3.